The van der Waals surface area contributed by atoms with Gasteiger partial charge >= 0.3 is 0 Å². The van der Waals surface area contributed by atoms with Crippen LogP contribution in [-0.2, 0) is 4.79 Å². The second-order valence-electron chi connectivity index (χ2n) is 5.36. The number of nitro groups is 1. The number of anilines is 1. The van der Waals surface area contributed by atoms with E-state index in [2.05, 4.69) is 28.2 Å². The Kier molecular flexibility index (Phi) is 6.45. The summed E-state index contributed by atoms with van der Waals surface area (Å²) in [6.45, 7) is 2.36. The number of non-ortho nitro benzene ring substituents is 1. The lowest BCUT2D eigenvalue weighted by Crippen LogP contribution is -2.87. The fourth-order valence-corrected chi connectivity index (χ4v) is 2.64. The van der Waals surface area contributed by atoms with Crippen LogP contribution in [0.3, 0.4) is 0 Å². The van der Waals surface area contributed by atoms with E-state index in [9.17, 15) is 14.9 Å². The SMILES string of the molecule is CC[C@H]([NH2+]CC(=O)Nc1ccc([N+](=O)[O-])cc1)c1ccc(Br)cc1. The number of nitrogens with one attached hydrogen (secondary N) is 1. The van der Waals surface area contributed by atoms with Gasteiger partial charge in [0, 0.05) is 34.3 Å². The van der Waals surface area contributed by atoms with Crippen LogP contribution in [0.1, 0.15) is 24.9 Å². The molecular formula is C17H19BrN3O3+. The number of quaternary nitrogens is 1. The van der Waals surface area contributed by atoms with Gasteiger partial charge < -0.3 is 10.6 Å². The largest absolute Gasteiger partial charge is 0.332 e. The fraction of sp³-hybridized carbons (Fsp3) is 0.235. The molecule has 24 heavy (non-hydrogen) atoms. The van der Waals surface area contributed by atoms with Crippen molar-refractivity contribution in [2.75, 3.05) is 11.9 Å². The highest BCUT2D eigenvalue weighted by Crippen LogP contribution is 2.17. The number of nitrogens with two attached hydrogens (primary N) is 1. The van der Waals surface area contributed by atoms with Gasteiger partial charge in [0.2, 0.25) is 0 Å². The Labute approximate surface area is 148 Å². The monoisotopic (exact) mass is 392 g/mol. The molecule has 2 aromatic carbocycles. The van der Waals surface area contributed by atoms with Gasteiger partial charge in [0.15, 0.2) is 6.54 Å². The van der Waals surface area contributed by atoms with Crippen LogP contribution in [-0.4, -0.2) is 17.4 Å². The Morgan fingerprint density at radius 2 is 1.83 bits per heavy atom. The highest BCUT2D eigenvalue weighted by atomic mass is 79.9. The lowest BCUT2D eigenvalue weighted by Gasteiger charge is -2.14. The summed E-state index contributed by atoms with van der Waals surface area (Å²) in [5.41, 5.74) is 1.72. The summed E-state index contributed by atoms with van der Waals surface area (Å²) < 4.78 is 1.03. The van der Waals surface area contributed by atoms with Gasteiger partial charge in [0.05, 0.1) is 4.92 Å². The van der Waals surface area contributed by atoms with Crippen LogP contribution in [0.25, 0.3) is 0 Å². The number of benzene rings is 2. The van der Waals surface area contributed by atoms with Crippen molar-refractivity contribution in [1.29, 1.82) is 0 Å². The zero-order chi connectivity index (χ0) is 17.5. The van der Waals surface area contributed by atoms with Gasteiger partial charge in [-0.3, -0.25) is 14.9 Å². The van der Waals surface area contributed by atoms with E-state index in [-0.39, 0.29) is 24.2 Å². The third-order valence-corrected chi connectivity index (χ3v) is 4.22. The number of carbonyl (C=O) groups excluding carboxylic acids is 1. The van der Waals surface area contributed by atoms with Crippen molar-refractivity contribution in [1.82, 2.24) is 0 Å². The molecule has 0 radical (unpaired) electrons. The maximum atomic E-state index is 12.1. The maximum absolute atomic E-state index is 12.1. The van der Waals surface area contributed by atoms with E-state index in [0.29, 0.717) is 5.69 Å². The van der Waals surface area contributed by atoms with Gasteiger partial charge in [-0.15, -0.1) is 0 Å². The summed E-state index contributed by atoms with van der Waals surface area (Å²) in [7, 11) is 0. The quantitative estimate of drug-likeness (QED) is 0.560. The lowest BCUT2D eigenvalue weighted by atomic mass is 10.0. The second-order valence-corrected chi connectivity index (χ2v) is 6.27. The summed E-state index contributed by atoms with van der Waals surface area (Å²) in [6.07, 6.45) is 0.909. The minimum absolute atomic E-state index is 0.000784. The first-order valence-corrected chi connectivity index (χ1v) is 8.42. The zero-order valence-corrected chi connectivity index (χ0v) is 14.8. The van der Waals surface area contributed by atoms with Crippen molar-refractivity contribution in [3.05, 3.63) is 68.7 Å². The number of rotatable bonds is 7. The van der Waals surface area contributed by atoms with Crippen LogP contribution in [0.15, 0.2) is 53.0 Å². The van der Waals surface area contributed by atoms with Gasteiger partial charge in [-0.05, 0) is 24.3 Å². The second kappa shape index (κ2) is 8.56. The third-order valence-electron chi connectivity index (χ3n) is 3.69. The summed E-state index contributed by atoms with van der Waals surface area (Å²) in [6, 6.07) is 14.1. The first kappa shape index (κ1) is 18.1. The smallest absolute Gasteiger partial charge is 0.279 e. The number of nitro benzene ring substituents is 1. The number of halogens is 1. The molecule has 2 aromatic rings. The minimum atomic E-state index is -0.469. The van der Waals surface area contributed by atoms with Gasteiger partial charge in [0.1, 0.15) is 6.04 Å². The molecule has 0 aliphatic heterocycles. The van der Waals surface area contributed by atoms with Crippen LogP contribution in [0.5, 0.6) is 0 Å². The Morgan fingerprint density at radius 1 is 1.21 bits per heavy atom. The molecule has 2 rings (SSSR count). The van der Waals surface area contributed by atoms with Gasteiger partial charge in [-0.1, -0.05) is 35.0 Å². The van der Waals surface area contributed by atoms with E-state index in [1.807, 2.05) is 29.6 Å². The van der Waals surface area contributed by atoms with E-state index in [0.717, 1.165) is 10.9 Å². The van der Waals surface area contributed by atoms with E-state index in [4.69, 9.17) is 0 Å². The van der Waals surface area contributed by atoms with Crippen molar-refractivity contribution >= 4 is 33.2 Å². The summed E-state index contributed by atoms with van der Waals surface area (Å²) in [5.74, 6) is -0.139. The lowest BCUT2D eigenvalue weighted by molar-refractivity contribution is -0.686. The number of carbonyl (C=O) groups is 1. The predicted molar refractivity (Wildman–Crippen MR) is 95.7 cm³/mol. The van der Waals surface area contributed by atoms with E-state index < -0.39 is 4.92 Å². The normalized spacial score (nSPS) is 11.8. The Balaban J connectivity index is 1.89. The fourth-order valence-electron chi connectivity index (χ4n) is 2.38. The van der Waals surface area contributed by atoms with Gasteiger partial charge in [-0.2, -0.15) is 0 Å². The van der Waals surface area contributed by atoms with Crippen molar-refractivity contribution in [2.24, 2.45) is 0 Å². The average molecular weight is 393 g/mol. The van der Waals surface area contributed by atoms with Crippen molar-refractivity contribution < 1.29 is 15.0 Å². The molecule has 126 valence electrons. The van der Waals surface area contributed by atoms with Gasteiger partial charge in [0.25, 0.3) is 11.6 Å². The Hall–Kier alpha value is -2.25. The van der Waals surface area contributed by atoms with Crippen molar-refractivity contribution in [2.45, 2.75) is 19.4 Å². The van der Waals surface area contributed by atoms with Crippen molar-refractivity contribution in [3.63, 3.8) is 0 Å². The first-order chi connectivity index (χ1) is 11.5. The Bertz CT molecular complexity index is 702. The van der Waals surface area contributed by atoms with Gasteiger partial charge in [-0.25, -0.2) is 0 Å². The third kappa shape index (κ3) is 5.14. The minimum Gasteiger partial charge on any atom is -0.332 e. The molecule has 7 heteroatoms. The van der Waals surface area contributed by atoms with Crippen LogP contribution >= 0.6 is 15.9 Å². The summed E-state index contributed by atoms with van der Waals surface area (Å²) in [5, 5.41) is 15.3. The molecule has 0 aliphatic carbocycles. The summed E-state index contributed by atoms with van der Waals surface area (Å²) in [4.78, 5) is 22.2. The maximum Gasteiger partial charge on any atom is 0.279 e. The zero-order valence-electron chi connectivity index (χ0n) is 13.2. The molecule has 0 fully saturated rings. The van der Waals surface area contributed by atoms with Crippen LogP contribution < -0.4 is 10.6 Å². The van der Waals surface area contributed by atoms with Crippen molar-refractivity contribution in [3.8, 4) is 0 Å². The first-order valence-electron chi connectivity index (χ1n) is 7.62. The predicted octanol–water partition coefficient (Wildman–Crippen LogP) is 3.01. The number of nitrogens with zero attached hydrogens (tertiary/aromatic N) is 1. The molecule has 0 spiro atoms. The van der Waals surface area contributed by atoms with Crippen LogP contribution in [0.4, 0.5) is 11.4 Å². The molecule has 6 nitrogen and oxygen atoms in total. The molecule has 1 atom stereocenters. The van der Waals surface area contributed by atoms with E-state index in [1.165, 1.54) is 29.8 Å². The van der Waals surface area contributed by atoms with Crippen LogP contribution in [0.2, 0.25) is 0 Å². The molecule has 0 saturated heterocycles. The topological polar surface area (TPSA) is 88.8 Å². The molecule has 0 bridgehead atoms. The molecule has 0 heterocycles. The van der Waals surface area contributed by atoms with E-state index in [1.54, 1.807) is 0 Å². The van der Waals surface area contributed by atoms with Crippen LogP contribution in [0, 0.1) is 10.1 Å². The molecular weight excluding hydrogens is 374 g/mol. The Morgan fingerprint density at radius 3 is 2.38 bits per heavy atom. The number of hydrogen-bond acceptors (Lipinski definition) is 3. The highest BCUT2D eigenvalue weighted by molar-refractivity contribution is 9.10. The molecule has 0 unspecified atom stereocenters. The number of hydrogen-bond donors (Lipinski definition) is 2. The molecule has 0 aliphatic rings. The standard InChI is InChI=1S/C17H18BrN3O3/c1-2-16(12-3-5-13(18)6-4-12)19-11-17(22)20-14-7-9-15(10-8-14)21(23)24/h3-10,16,19H,2,11H2,1H3,(H,20,22)/p+1/t16-/m0/s1. The summed E-state index contributed by atoms with van der Waals surface area (Å²) >= 11 is 3.41. The molecule has 3 N–H and O–H groups in total. The number of amides is 1. The molecule has 0 aromatic heterocycles. The average Bonchev–Trinajstić information content (AvgIpc) is 2.57. The molecule has 1 amide bonds. The van der Waals surface area contributed by atoms with E-state index >= 15 is 0 Å². The molecule has 0 saturated carbocycles. The highest BCUT2D eigenvalue weighted by Gasteiger charge is 2.15.